The SMILES string of the molecule is Cn1cccc1C1OC23CCCCCC2C(C#N)(C(=N)O3)C1(C#N)C#N. The van der Waals surface area contributed by atoms with Crippen LogP contribution in [-0.2, 0) is 16.5 Å². The van der Waals surface area contributed by atoms with Crippen LogP contribution in [0.25, 0.3) is 0 Å². The summed E-state index contributed by atoms with van der Waals surface area (Å²) in [6.07, 6.45) is 4.69. The van der Waals surface area contributed by atoms with E-state index in [9.17, 15) is 15.8 Å². The number of nitrogens with one attached hydrogen (secondary N) is 1. The van der Waals surface area contributed by atoms with Crippen LogP contribution in [0.15, 0.2) is 18.3 Å². The van der Waals surface area contributed by atoms with Crippen molar-refractivity contribution in [2.24, 2.45) is 23.8 Å². The Morgan fingerprint density at radius 2 is 1.96 bits per heavy atom. The fraction of sp³-hybridized carbons (Fsp3) is 0.579. The lowest BCUT2D eigenvalue weighted by molar-refractivity contribution is -0.286. The summed E-state index contributed by atoms with van der Waals surface area (Å²) in [6, 6.07) is 9.98. The predicted octanol–water partition coefficient (Wildman–Crippen LogP) is 2.92. The number of aryl methyl sites for hydroxylation is 1. The first-order chi connectivity index (χ1) is 12.5. The Morgan fingerprint density at radius 3 is 2.58 bits per heavy atom. The molecule has 1 aromatic rings. The molecule has 0 radical (unpaired) electrons. The van der Waals surface area contributed by atoms with Crippen LogP contribution in [0.4, 0.5) is 0 Å². The highest BCUT2D eigenvalue weighted by molar-refractivity contribution is 5.89. The van der Waals surface area contributed by atoms with Crippen molar-refractivity contribution in [2.75, 3.05) is 0 Å². The number of nitrogens with zero attached hydrogens (tertiary/aromatic N) is 4. The number of hydrogen-bond donors (Lipinski definition) is 1. The molecule has 4 atom stereocenters. The Labute approximate surface area is 151 Å². The second-order valence-corrected chi connectivity index (χ2v) is 7.39. The normalized spacial score (nSPS) is 37.4. The molecule has 0 spiro atoms. The van der Waals surface area contributed by atoms with E-state index in [1.807, 2.05) is 19.3 Å². The van der Waals surface area contributed by atoms with Crippen LogP contribution in [0.5, 0.6) is 0 Å². The Balaban J connectivity index is 2.03. The number of nitriles is 3. The van der Waals surface area contributed by atoms with Crippen molar-refractivity contribution in [2.45, 2.75) is 44.0 Å². The van der Waals surface area contributed by atoms with E-state index in [-0.39, 0.29) is 5.90 Å². The van der Waals surface area contributed by atoms with Gasteiger partial charge in [-0.3, -0.25) is 5.41 Å². The van der Waals surface area contributed by atoms with Crippen LogP contribution in [0.2, 0.25) is 0 Å². The van der Waals surface area contributed by atoms with E-state index in [0.717, 1.165) is 19.3 Å². The van der Waals surface area contributed by atoms with Crippen molar-refractivity contribution in [3.05, 3.63) is 24.0 Å². The summed E-state index contributed by atoms with van der Waals surface area (Å²) in [5.74, 6) is -1.91. The number of rotatable bonds is 1. The topological polar surface area (TPSA) is 119 Å². The van der Waals surface area contributed by atoms with E-state index >= 15 is 0 Å². The summed E-state index contributed by atoms with van der Waals surface area (Å²) < 4.78 is 14.1. The fourth-order valence-corrected chi connectivity index (χ4v) is 5.05. The molecule has 2 bridgehead atoms. The molecule has 1 aromatic heterocycles. The van der Waals surface area contributed by atoms with Crippen molar-refractivity contribution in [3.8, 4) is 18.2 Å². The van der Waals surface area contributed by atoms with Gasteiger partial charge in [0.2, 0.25) is 17.1 Å². The molecule has 0 aromatic carbocycles. The summed E-state index contributed by atoms with van der Waals surface area (Å²) in [5.41, 5.74) is -2.85. The van der Waals surface area contributed by atoms with Crippen LogP contribution >= 0.6 is 0 Å². The molecule has 0 amide bonds. The highest BCUT2D eigenvalue weighted by Gasteiger charge is 2.80. The minimum absolute atomic E-state index is 0.299. The van der Waals surface area contributed by atoms with E-state index < -0.39 is 28.6 Å². The fourth-order valence-electron chi connectivity index (χ4n) is 5.05. The predicted molar refractivity (Wildman–Crippen MR) is 89.1 cm³/mol. The van der Waals surface area contributed by atoms with Gasteiger partial charge in [-0.05, 0) is 25.0 Å². The summed E-state index contributed by atoms with van der Waals surface area (Å²) >= 11 is 0. The molecular formula is C19H19N5O2. The average molecular weight is 349 g/mol. The molecule has 7 heteroatoms. The molecule has 4 rings (SSSR count). The largest absolute Gasteiger partial charge is 0.447 e. The lowest BCUT2D eigenvalue weighted by Crippen LogP contribution is -2.59. The zero-order valence-electron chi connectivity index (χ0n) is 14.5. The Morgan fingerprint density at radius 1 is 1.19 bits per heavy atom. The molecule has 4 unspecified atom stereocenters. The third-order valence-corrected chi connectivity index (χ3v) is 6.32. The van der Waals surface area contributed by atoms with Gasteiger partial charge in [0, 0.05) is 25.4 Å². The summed E-state index contributed by atoms with van der Waals surface area (Å²) in [6.45, 7) is 0. The Hall–Kier alpha value is -2.82. The molecule has 7 nitrogen and oxygen atoms in total. The third kappa shape index (κ3) is 1.66. The van der Waals surface area contributed by atoms with Gasteiger partial charge in [0.25, 0.3) is 0 Å². The summed E-state index contributed by atoms with van der Waals surface area (Å²) in [4.78, 5) is 0. The van der Waals surface area contributed by atoms with E-state index in [2.05, 4.69) is 18.2 Å². The highest BCUT2D eigenvalue weighted by Crippen LogP contribution is 2.68. The lowest BCUT2D eigenvalue weighted by Gasteiger charge is -2.49. The Bertz CT molecular complexity index is 886. The van der Waals surface area contributed by atoms with Gasteiger partial charge >= 0.3 is 0 Å². The van der Waals surface area contributed by atoms with Gasteiger partial charge in [-0.15, -0.1) is 0 Å². The zero-order valence-corrected chi connectivity index (χ0v) is 14.5. The van der Waals surface area contributed by atoms with Gasteiger partial charge < -0.3 is 14.0 Å². The van der Waals surface area contributed by atoms with Crippen molar-refractivity contribution in [3.63, 3.8) is 0 Å². The monoisotopic (exact) mass is 349 g/mol. The van der Waals surface area contributed by atoms with Crippen LogP contribution < -0.4 is 0 Å². The number of hydrogen-bond acceptors (Lipinski definition) is 6. The van der Waals surface area contributed by atoms with Crippen molar-refractivity contribution in [1.29, 1.82) is 21.2 Å². The van der Waals surface area contributed by atoms with Crippen LogP contribution in [0.3, 0.4) is 0 Å². The maximum absolute atomic E-state index is 10.2. The molecule has 1 N–H and O–H groups in total. The second kappa shape index (κ2) is 5.34. The van der Waals surface area contributed by atoms with Crippen molar-refractivity contribution < 1.29 is 9.47 Å². The molecule has 1 saturated carbocycles. The maximum Gasteiger partial charge on any atom is 0.217 e. The van der Waals surface area contributed by atoms with E-state index in [4.69, 9.17) is 14.9 Å². The molecule has 2 aliphatic heterocycles. The minimum Gasteiger partial charge on any atom is -0.447 e. The quantitative estimate of drug-likeness (QED) is 0.836. The van der Waals surface area contributed by atoms with Gasteiger partial charge in [0.1, 0.15) is 6.10 Å². The van der Waals surface area contributed by atoms with E-state index in [0.29, 0.717) is 18.5 Å². The van der Waals surface area contributed by atoms with Gasteiger partial charge in [-0.1, -0.05) is 12.8 Å². The van der Waals surface area contributed by atoms with Crippen LogP contribution in [0, 0.1) is 56.2 Å². The van der Waals surface area contributed by atoms with Crippen LogP contribution in [0.1, 0.15) is 43.9 Å². The van der Waals surface area contributed by atoms with E-state index in [1.165, 1.54) is 0 Å². The summed E-state index contributed by atoms with van der Waals surface area (Å²) in [5, 5.41) is 39.0. The summed E-state index contributed by atoms with van der Waals surface area (Å²) in [7, 11) is 1.81. The first-order valence-electron chi connectivity index (χ1n) is 8.82. The second-order valence-electron chi connectivity index (χ2n) is 7.39. The molecular weight excluding hydrogens is 330 g/mol. The van der Waals surface area contributed by atoms with Gasteiger partial charge in [-0.25, -0.2) is 0 Å². The number of ether oxygens (including phenoxy) is 2. The van der Waals surface area contributed by atoms with Gasteiger partial charge in [0.15, 0.2) is 5.41 Å². The Kier molecular flexibility index (Phi) is 3.41. The first kappa shape index (κ1) is 16.6. The van der Waals surface area contributed by atoms with Crippen LogP contribution in [-0.4, -0.2) is 16.3 Å². The third-order valence-electron chi connectivity index (χ3n) is 6.32. The smallest absolute Gasteiger partial charge is 0.217 e. The maximum atomic E-state index is 10.2. The zero-order chi connectivity index (χ0) is 18.6. The first-order valence-corrected chi connectivity index (χ1v) is 8.82. The molecule has 132 valence electrons. The molecule has 3 fully saturated rings. The molecule has 3 heterocycles. The molecule has 3 aliphatic rings. The minimum atomic E-state index is -1.85. The van der Waals surface area contributed by atoms with E-state index in [1.54, 1.807) is 10.6 Å². The van der Waals surface area contributed by atoms with Gasteiger partial charge in [0.05, 0.1) is 24.1 Å². The lowest BCUT2D eigenvalue weighted by atomic mass is 9.53. The van der Waals surface area contributed by atoms with Crippen molar-refractivity contribution >= 4 is 5.90 Å². The standard InChI is InChI=1S/C19H19N5O2/c1-24-9-5-6-13(24)15-17(10-20,11-21)18(12-22)14-7-3-2-4-8-19(14,25-15)26-16(18)23/h5-6,9,14-15,23H,2-4,7-8H2,1H3. The average Bonchev–Trinajstić information content (AvgIpc) is 3.04. The molecule has 1 aliphatic carbocycles. The van der Waals surface area contributed by atoms with Crippen molar-refractivity contribution in [1.82, 2.24) is 4.57 Å². The molecule has 2 saturated heterocycles. The molecule has 26 heavy (non-hydrogen) atoms. The highest BCUT2D eigenvalue weighted by atomic mass is 16.7. The van der Waals surface area contributed by atoms with Gasteiger partial charge in [-0.2, -0.15) is 15.8 Å². The number of aromatic nitrogens is 1.